The number of anilines is 2. The largest absolute Gasteiger partial charge is 0.353 e. The van der Waals surface area contributed by atoms with Gasteiger partial charge < -0.3 is 14.4 Å². The number of hydroxylamine groups is 1. The molecule has 2 aliphatic heterocycles. The third kappa shape index (κ3) is 3.76. The van der Waals surface area contributed by atoms with Crippen molar-refractivity contribution < 1.29 is 14.3 Å². The minimum absolute atomic E-state index is 0.516. The Morgan fingerprint density at radius 3 is 2.53 bits per heavy atom. The van der Waals surface area contributed by atoms with Gasteiger partial charge in [0.2, 0.25) is 5.79 Å². The van der Waals surface area contributed by atoms with E-state index in [-0.39, 0.29) is 0 Å². The van der Waals surface area contributed by atoms with Crippen LogP contribution in [-0.2, 0) is 26.5 Å². The summed E-state index contributed by atoms with van der Waals surface area (Å²) in [6, 6.07) is 15.0. The maximum Gasteiger partial charge on any atom is 0.217 e. The van der Waals surface area contributed by atoms with Crippen LogP contribution in [0.25, 0.3) is 10.1 Å². The first kappa shape index (κ1) is 21.6. The standard InChI is InChI=1S/C24H30N4O3S/c1-29-24(30-2)17-28(31-3)21-9-8-18(16-20(21)24)10-11-26-12-14-27(15-13-26)23-19-6-4-5-7-22(19)32-25-23/h4-9,16H,10-15,17H2,1-3H3. The SMILES string of the molecule is CON1CC(OC)(OC)c2cc(CCN3CCN(c4nsc5ccccc45)CC3)ccc21. The number of nitrogens with zero attached hydrogens (tertiary/aromatic N) is 4. The van der Waals surface area contributed by atoms with Gasteiger partial charge in [-0.2, -0.15) is 4.37 Å². The number of methoxy groups -OCH3 is 2. The van der Waals surface area contributed by atoms with Crippen LogP contribution in [0.4, 0.5) is 11.5 Å². The van der Waals surface area contributed by atoms with Crippen molar-refractivity contribution in [3.8, 4) is 0 Å². The average molecular weight is 455 g/mol. The minimum Gasteiger partial charge on any atom is -0.353 e. The Hall–Kier alpha value is -2.23. The number of benzene rings is 2. The first-order chi connectivity index (χ1) is 15.7. The van der Waals surface area contributed by atoms with E-state index in [0.717, 1.165) is 56.2 Å². The highest BCUT2D eigenvalue weighted by Gasteiger charge is 2.44. The second kappa shape index (κ2) is 8.96. The maximum atomic E-state index is 5.77. The Kier molecular flexibility index (Phi) is 6.05. The van der Waals surface area contributed by atoms with Gasteiger partial charge in [-0.25, -0.2) is 5.06 Å². The van der Waals surface area contributed by atoms with E-state index >= 15 is 0 Å². The summed E-state index contributed by atoms with van der Waals surface area (Å²) in [5.41, 5.74) is 3.32. The van der Waals surface area contributed by atoms with Crippen molar-refractivity contribution in [3.05, 3.63) is 53.6 Å². The molecule has 0 N–H and O–H groups in total. The first-order valence-corrected chi connectivity index (χ1v) is 11.8. The first-order valence-electron chi connectivity index (χ1n) is 11.0. The highest BCUT2D eigenvalue weighted by Crippen LogP contribution is 2.42. The van der Waals surface area contributed by atoms with Crippen LogP contribution in [-0.4, -0.2) is 69.9 Å². The van der Waals surface area contributed by atoms with Gasteiger partial charge >= 0.3 is 0 Å². The van der Waals surface area contributed by atoms with Crippen LogP contribution >= 0.6 is 11.5 Å². The Bertz CT molecular complexity index is 1080. The number of aromatic nitrogens is 1. The molecule has 5 rings (SSSR count). The molecule has 0 saturated carbocycles. The Morgan fingerprint density at radius 1 is 1.00 bits per heavy atom. The summed E-state index contributed by atoms with van der Waals surface area (Å²) in [6.45, 7) is 5.67. The molecule has 0 bridgehead atoms. The third-order valence-corrected chi connectivity index (χ3v) is 7.54. The highest BCUT2D eigenvalue weighted by molar-refractivity contribution is 7.13. The van der Waals surface area contributed by atoms with Crippen molar-refractivity contribution in [2.45, 2.75) is 12.2 Å². The quantitative estimate of drug-likeness (QED) is 0.507. The molecule has 7 nitrogen and oxygen atoms in total. The van der Waals surface area contributed by atoms with Gasteiger partial charge in [0.25, 0.3) is 0 Å². The van der Waals surface area contributed by atoms with Gasteiger partial charge in [-0.3, -0.25) is 9.74 Å². The van der Waals surface area contributed by atoms with Gasteiger partial charge in [0.15, 0.2) is 0 Å². The van der Waals surface area contributed by atoms with E-state index in [1.165, 1.54) is 15.6 Å². The Balaban J connectivity index is 1.22. The number of fused-ring (bicyclic) bond motifs is 2. The zero-order chi connectivity index (χ0) is 22.1. The van der Waals surface area contributed by atoms with E-state index in [1.54, 1.807) is 32.9 Å². The monoisotopic (exact) mass is 454 g/mol. The van der Waals surface area contributed by atoms with Crippen LogP contribution < -0.4 is 9.96 Å². The molecule has 0 aliphatic carbocycles. The van der Waals surface area contributed by atoms with E-state index in [2.05, 4.69) is 52.3 Å². The molecule has 0 amide bonds. The van der Waals surface area contributed by atoms with Gasteiger partial charge in [0, 0.05) is 57.9 Å². The molecular weight excluding hydrogens is 424 g/mol. The van der Waals surface area contributed by atoms with E-state index in [4.69, 9.17) is 18.7 Å². The fourth-order valence-corrected chi connectivity index (χ4v) is 5.58. The lowest BCUT2D eigenvalue weighted by atomic mass is 10.0. The summed E-state index contributed by atoms with van der Waals surface area (Å²) < 4.78 is 17.5. The maximum absolute atomic E-state index is 5.77. The Labute approximate surface area is 193 Å². The highest BCUT2D eigenvalue weighted by atomic mass is 32.1. The lowest BCUT2D eigenvalue weighted by Gasteiger charge is -2.35. The van der Waals surface area contributed by atoms with Crippen molar-refractivity contribution in [2.24, 2.45) is 0 Å². The number of hydrogen-bond donors (Lipinski definition) is 0. The van der Waals surface area contributed by atoms with Crippen LogP contribution in [0, 0.1) is 0 Å². The zero-order valence-electron chi connectivity index (χ0n) is 18.9. The van der Waals surface area contributed by atoms with Crippen molar-refractivity contribution >= 4 is 33.1 Å². The number of rotatable bonds is 7. The van der Waals surface area contributed by atoms with E-state index < -0.39 is 5.79 Å². The summed E-state index contributed by atoms with van der Waals surface area (Å²) >= 11 is 1.59. The molecule has 0 atom stereocenters. The molecule has 0 spiro atoms. The second-order valence-electron chi connectivity index (χ2n) is 8.31. The van der Waals surface area contributed by atoms with Crippen molar-refractivity contribution in [3.63, 3.8) is 0 Å². The van der Waals surface area contributed by atoms with Gasteiger partial charge in [-0.15, -0.1) is 0 Å². The fourth-order valence-electron chi connectivity index (χ4n) is 4.79. The molecule has 8 heteroatoms. The van der Waals surface area contributed by atoms with Crippen molar-refractivity contribution in [2.75, 3.05) is 70.6 Å². The molecule has 1 fully saturated rings. The van der Waals surface area contributed by atoms with E-state index in [0.29, 0.717) is 6.54 Å². The van der Waals surface area contributed by atoms with E-state index in [9.17, 15) is 0 Å². The number of piperazine rings is 1. The molecule has 1 saturated heterocycles. The van der Waals surface area contributed by atoms with Gasteiger partial charge in [-0.1, -0.05) is 18.2 Å². The van der Waals surface area contributed by atoms with Crippen LogP contribution in [0.15, 0.2) is 42.5 Å². The predicted molar refractivity (Wildman–Crippen MR) is 128 cm³/mol. The minimum atomic E-state index is -0.788. The second-order valence-corrected chi connectivity index (χ2v) is 9.12. The molecule has 3 aromatic rings. The summed E-state index contributed by atoms with van der Waals surface area (Å²) in [7, 11) is 5.04. The zero-order valence-corrected chi connectivity index (χ0v) is 19.7. The smallest absolute Gasteiger partial charge is 0.217 e. The molecule has 0 radical (unpaired) electrons. The summed E-state index contributed by atoms with van der Waals surface area (Å²) in [4.78, 5) is 10.5. The summed E-state index contributed by atoms with van der Waals surface area (Å²) in [6.07, 6.45) is 0.989. The van der Waals surface area contributed by atoms with Crippen molar-refractivity contribution in [1.82, 2.24) is 9.27 Å². The van der Waals surface area contributed by atoms with E-state index in [1.807, 2.05) is 5.06 Å². The van der Waals surface area contributed by atoms with Crippen LogP contribution in [0.5, 0.6) is 0 Å². The molecule has 32 heavy (non-hydrogen) atoms. The third-order valence-electron chi connectivity index (χ3n) is 6.72. The summed E-state index contributed by atoms with van der Waals surface area (Å²) in [5.74, 6) is 0.352. The Morgan fingerprint density at radius 2 is 1.78 bits per heavy atom. The predicted octanol–water partition coefficient (Wildman–Crippen LogP) is 3.49. The molecule has 0 unspecified atom stereocenters. The topological polar surface area (TPSA) is 50.3 Å². The normalized spacial score (nSPS) is 18.5. The lowest BCUT2D eigenvalue weighted by Crippen LogP contribution is -2.47. The summed E-state index contributed by atoms with van der Waals surface area (Å²) in [5, 5.41) is 3.10. The van der Waals surface area contributed by atoms with Crippen LogP contribution in [0.1, 0.15) is 11.1 Å². The molecule has 2 aliphatic rings. The van der Waals surface area contributed by atoms with Crippen LogP contribution in [0.2, 0.25) is 0 Å². The molecule has 170 valence electrons. The molecule has 3 heterocycles. The average Bonchev–Trinajstić information content (AvgIpc) is 3.42. The van der Waals surface area contributed by atoms with Gasteiger partial charge in [-0.05, 0) is 47.8 Å². The van der Waals surface area contributed by atoms with Crippen molar-refractivity contribution in [1.29, 1.82) is 0 Å². The molecule has 1 aromatic heterocycles. The fraction of sp³-hybridized carbons (Fsp3) is 0.458. The van der Waals surface area contributed by atoms with Crippen LogP contribution in [0.3, 0.4) is 0 Å². The van der Waals surface area contributed by atoms with Gasteiger partial charge in [0.05, 0.1) is 17.5 Å². The molecular formula is C24H30N4O3S. The number of hydrogen-bond acceptors (Lipinski definition) is 8. The lowest BCUT2D eigenvalue weighted by molar-refractivity contribution is -0.207. The van der Waals surface area contributed by atoms with Gasteiger partial charge in [0.1, 0.15) is 12.4 Å². The number of ether oxygens (including phenoxy) is 2. The molecule has 2 aromatic carbocycles.